The average Bonchev–Trinajstić information content (AvgIpc) is 3.11. The predicted molar refractivity (Wildman–Crippen MR) is 179 cm³/mol. The van der Waals surface area contributed by atoms with Crippen LogP contribution in [0.25, 0.3) is 11.1 Å². The number of ether oxygens (including phenoxy) is 1. The lowest BCUT2D eigenvalue weighted by Crippen LogP contribution is -2.60. The maximum absolute atomic E-state index is 14.8. The van der Waals surface area contributed by atoms with Crippen molar-refractivity contribution in [1.29, 1.82) is 5.26 Å². The second-order valence-corrected chi connectivity index (χ2v) is 13.0. The van der Waals surface area contributed by atoms with Crippen LogP contribution in [0.1, 0.15) is 52.2 Å². The minimum atomic E-state index is -1.33. The Kier molecular flexibility index (Phi) is 10.4. The number of fused-ring (bicyclic) bond motifs is 1. The molecule has 12 heteroatoms. The highest BCUT2D eigenvalue weighted by molar-refractivity contribution is 6.08. The molecule has 1 aliphatic rings. The number of carbonyl (C=O) groups is 4. The molecule has 0 fully saturated rings. The smallest absolute Gasteiger partial charge is 0.407 e. The molecule has 0 radical (unpaired) electrons. The van der Waals surface area contributed by atoms with Crippen molar-refractivity contribution in [1.82, 2.24) is 10.2 Å². The van der Waals surface area contributed by atoms with Crippen molar-refractivity contribution in [3.8, 4) is 22.9 Å². The predicted octanol–water partition coefficient (Wildman–Crippen LogP) is 5.56. The van der Waals surface area contributed by atoms with Gasteiger partial charge in [-0.3, -0.25) is 19.3 Å². The van der Waals surface area contributed by atoms with Crippen LogP contribution in [0.5, 0.6) is 5.75 Å². The summed E-state index contributed by atoms with van der Waals surface area (Å²) >= 11 is 0. The van der Waals surface area contributed by atoms with Gasteiger partial charge in [0, 0.05) is 25.1 Å². The van der Waals surface area contributed by atoms with Gasteiger partial charge in [-0.1, -0.05) is 45.0 Å². The molecule has 3 aromatic carbocycles. The van der Waals surface area contributed by atoms with Gasteiger partial charge in [0.1, 0.15) is 23.7 Å². The Hall–Kier alpha value is -5.44. The van der Waals surface area contributed by atoms with Crippen molar-refractivity contribution >= 4 is 35.2 Å². The molecule has 1 heterocycles. The van der Waals surface area contributed by atoms with Gasteiger partial charge in [0.05, 0.1) is 42.7 Å². The van der Waals surface area contributed by atoms with E-state index >= 15 is 0 Å². The van der Waals surface area contributed by atoms with Crippen LogP contribution >= 0.6 is 0 Å². The molecule has 1 aliphatic heterocycles. The number of nitrogens with zero attached hydrogens (tertiary/aromatic N) is 4. The first-order chi connectivity index (χ1) is 22.6. The standard InChI is InChI=1S/C36H40FN5O6/c1-21-32(39-33(44)30(18-36(3,4)5)40(6)35(46)47)34(45)41(28-14-12-23(19-38)16-29(28)42(21)22(2)43)20-25-17-24(13-15-31(25)48-7)26-10-8-9-11-27(26)37/h8-17,21,30,32H,18,20H2,1-7H3,(H,39,44)(H,46,47)/t21-,30-,32-/m0/s1. The SMILES string of the molecule is COc1ccc(-c2ccccc2F)cc1CN1C(=O)[C@@H](NC(=O)[C@H](CC(C)(C)C)N(C)C(=O)O)[C@H](C)N(C(C)=O)c2cc(C#N)ccc21. The largest absolute Gasteiger partial charge is 0.496 e. The van der Waals surface area contributed by atoms with Crippen LogP contribution in [0, 0.1) is 22.6 Å². The average molecular weight is 658 g/mol. The van der Waals surface area contributed by atoms with E-state index < -0.39 is 53.2 Å². The molecule has 0 aliphatic carbocycles. The third kappa shape index (κ3) is 7.41. The number of anilines is 2. The van der Waals surface area contributed by atoms with Crippen molar-refractivity contribution in [2.45, 2.75) is 65.7 Å². The molecular weight excluding hydrogens is 617 g/mol. The minimum Gasteiger partial charge on any atom is -0.496 e. The minimum absolute atomic E-state index is 0.117. The Balaban J connectivity index is 1.88. The normalized spacial score (nSPS) is 16.7. The summed E-state index contributed by atoms with van der Waals surface area (Å²) in [6.07, 6.45) is -1.16. The number of hydrogen-bond acceptors (Lipinski definition) is 6. The van der Waals surface area contributed by atoms with E-state index in [9.17, 15) is 33.9 Å². The summed E-state index contributed by atoms with van der Waals surface area (Å²) in [5, 5.41) is 22.3. The zero-order valence-electron chi connectivity index (χ0n) is 28.1. The number of carbonyl (C=O) groups excluding carboxylic acids is 3. The number of halogens is 1. The fourth-order valence-corrected chi connectivity index (χ4v) is 5.98. The number of amides is 4. The van der Waals surface area contributed by atoms with Crippen molar-refractivity contribution in [3.63, 3.8) is 0 Å². The van der Waals surface area contributed by atoms with Gasteiger partial charge < -0.3 is 25.0 Å². The van der Waals surface area contributed by atoms with Crippen LogP contribution in [0.3, 0.4) is 0 Å². The van der Waals surface area contributed by atoms with Crippen molar-refractivity contribution in [3.05, 3.63) is 77.6 Å². The number of nitriles is 1. The van der Waals surface area contributed by atoms with E-state index in [1.807, 2.05) is 20.8 Å². The van der Waals surface area contributed by atoms with E-state index in [1.54, 1.807) is 49.4 Å². The highest BCUT2D eigenvalue weighted by Gasteiger charge is 2.43. The number of hydrogen-bond donors (Lipinski definition) is 2. The molecule has 11 nitrogen and oxygen atoms in total. The fourth-order valence-electron chi connectivity index (χ4n) is 5.98. The Bertz CT molecular complexity index is 1780. The van der Waals surface area contributed by atoms with Crippen LogP contribution in [0.15, 0.2) is 60.7 Å². The molecule has 0 aromatic heterocycles. The van der Waals surface area contributed by atoms with E-state index in [0.29, 0.717) is 28.1 Å². The van der Waals surface area contributed by atoms with Gasteiger partial charge in [0.2, 0.25) is 11.8 Å². The first-order valence-corrected chi connectivity index (χ1v) is 15.4. The van der Waals surface area contributed by atoms with E-state index in [2.05, 4.69) is 11.4 Å². The Labute approximate surface area is 279 Å². The Morgan fingerprint density at radius 1 is 1.10 bits per heavy atom. The molecule has 0 unspecified atom stereocenters. The fraction of sp³-hybridized carbons (Fsp3) is 0.361. The molecular formula is C36H40FN5O6. The molecule has 0 saturated carbocycles. The maximum atomic E-state index is 14.8. The summed E-state index contributed by atoms with van der Waals surface area (Å²) in [5.74, 6) is -1.75. The summed E-state index contributed by atoms with van der Waals surface area (Å²) in [5.41, 5.74) is 1.75. The molecule has 48 heavy (non-hydrogen) atoms. The number of methoxy groups -OCH3 is 1. The molecule has 0 spiro atoms. The topological polar surface area (TPSA) is 143 Å². The van der Waals surface area contributed by atoms with E-state index in [1.165, 1.54) is 49.1 Å². The van der Waals surface area contributed by atoms with Gasteiger partial charge in [-0.05, 0) is 60.7 Å². The summed E-state index contributed by atoms with van der Waals surface area (Å²) in [6, 6.07) is 14.6. The number of carboxylic acid groups (broad SMARTS) is 1. The highest BCUT2D eigenvalue weighted by Crippen LogP contribution is 2.39. The summed E-state index contributed by atoms with van der Waals surface area (Å²) < 4.78 is 20.4. The molecule has 3 atom stereocenters. The quantitative estimate of drug-likeness (QED) is 0.323. The number of rotatable bonds is 8. The first-order valence-electron chi connectivity index (χ1n) is 15.4. The van der Waals surface area contributed by atoms with Crippen molar-refractivity contribution in [2.24, 2.45) is 5.41 Å². The molecule has 0 saturated heterocycles. The van der Waals surface area contributed by atoms with Crippen LogP contribution in [0.4, 0.5) is 20.6 Å². The maximum Gasteiger partial charge on any atom is 0.407 e. The van der Waals surface area contributed by atoms with Gasteiger partial charge in [0.15, 0.2) is 0 Å². The van der Waals surface area contributed by atoms with Crippen molar-refractivity contribution < 1.29 is 33.4 Å². The summed E-state index contributed by atoms with van der Waals surface area (Å²) in [7, 11) is 2.76. The third-order valence-corrected chi connectivity index (χ3v) is 8.38. The second-order valence-electron chi connectivity index (χ2n) is 13.0. The highest BCUT2D eigenvalue weighted by atomic mass is 19.1. The Morgan fingerprint density at radius 3 is 2.38 bits per heavy atom. The monoisotopic (exact) mass is 657 g/mol. The summed E-state index contributed by atoms with van der Waals surface area (Å²) in [4.78, 5) is 57.4. The molecule has 252 valence electrons. The van der Waals surface area contributed by atoms with E-state index in [0.717, 1.165) is 4.90 Å². The van der Waals surface area contributed by atoms with Gasteiger partial charge in [-0.15, -0.1) is 0 Å². The van der Waals surface area contributed by atoms with Crippen LogP contribution in [-0.4, -0.2) is 66.1 Å². The third-order valence-electron chi connectivity index (χ3n) is 8.38. The van der Waals surface area contributed by atoms with Crippen LogP contribution in [0.2, 0.25) is 0 Å². The lowest BCUT2D eigenvalue weighted by atomic mass is 9.87. The van der Waals surface area contributed by atoms with Gasteiger partial charge >= 0.3 is 6.09 Å². The molecule has 3 aromatic rings. The van der Waals surface area contributed by atoms with Gasteiger partial charge in [-0.2, -0.15) is 5.26 Å². The number of likely N-dealkylation sites (N-methyl/N-ethyl adjacent to an activating group) is 1. The first kappa shape index (κ1) is 35.4. The molecule has 4 amide bonds. The van der Waals surface area contributed by atoms with Crippen LogP contribution < -0.4 is 19.9 Å². The molecule has 0 bridgehead atoms. The van der Waals surface area contributed by atoms with Crippen molar-refractivity contribution in [2.75, 3.05) is 24.0 Å². The number of benzene rings is 3. The summed E-state index contributed by atoms with van der Waals surface area (Å²) in [6.45, 7) is 8.42. The zero-order chi connectivity index (χ0) is 35.5. The Morgan fingerprint density at radius 2 is 1.79 bits per heavy atom. The van der Waals surface area contributed by atoms with E-state index in [4.69, 9.17) is 4.74 Å². The van der Waals surface area contributed by atoms with E-state index in [-0.39, 0.29) is 24.2 Å². The van der Waals surface area contributed by atoms with Gasteiger partial charge in [0.25, 0.3) is 5.91 Å². The van der Waals surface area contributed by atoms with Crippen LogP contribution in [-0.2, 0) is 20.9 Å². The zero-order valence-corrected chi connectivity index (χ0v) is 28.1. The second kappa shape index (κ2) is 14.1. The van der Waals surface area contributed by atoms with Gasteiger partial charge in [-0.25, -0.2) is 9.18 Å². The molecule has 2 N–H and O–H groups in total. The molecule has 4 rings (SSSR count). The lowest BCUT2D eigenvalue weighted by molar-refractivity contribution is -0.131. The lowest BCUT2D eigenvalue weighted by Gasteiger charge is -2.35. The number of nitrogens with one attached hydrogen (secondary N) is 1.